The van der Waals surface area contributed by atoms with Crippen molar-refractivity contribution in [2.45, 2.75) is 64.0 Å². The molecule has 258 valence electrons. The zero-order valence-corrected chi connectivity index (χ0v) is 27.9. The summed E-state index contributed by atoms with van der Waals surface area (Å²) >= 11 is 0. The Morgan fingerprint density at radius 3 is 2.47 bits per heavy atom. The Morgan fingerprint density at radius 2 is 1.69 bits per heavy atom. The van der Waals surface area contributed by atoms with Crippen molar-refractivity contribution in [2.75, 3.05) is 45.9 Å². The molecule has 2 saturated heterocycles. The maximum Gasteiger partial charge on any atom is 0.337 e. The fraction of sp³-hybridized carbons (Fsp3) is 0.474. The lowest BCUT2D eigenvalue weighted by Crippen LogP contribution is -2.43. The van der Waals surface area contributed by atoms with Crippen LogP contribution in [0.1, 0.15) is 63.0 Å². The molecule has 2 aliphatic heterocycles. The number of phenols is 1. The number of morpholine rings is 1. The second-order valence-electron chi connectivity index (χ2n) is 13.9. The van der Waals surface area contributed by atoms with E-state index in [-0.39, 0.29) is 34.5 Å². The molecule has 0 unspecified atom stereocenters. The van der Waals surface area contributed by atoms with Crippen molar-refractivity contribution in [3.63, 3.8) is 0 Å². The van der Waals surface area contributed by atoms with E-state index in [1.165, 1.54) is 15.6 Å². The van der Waals surface area contributed by atoms with Crippen LogP contribution in [-0.2, 0) is 16.1 Å². The number of phenolic OH excluding ortho intramolecular Hbond substituents is 1. The van der Waals surface area contributed by atoms with E-state index in [0.717, 1.165) is 80.8 Å². The second-order valence-corrected chi connectivity index (χ2v) is 13.9. The first kappa shape index (κ1) is 33.3. The van der Waals surface area contributed by atoms with Gasteiger partial charge in [0.25, 0.3) is 5.56 Å². The van der Waals surface area contributed by atoms with E-state index < -0.39 is 17.1 Å². The Hall–Kier alpha value is -4.19. The number of nitrogens with zero attached hydrogens (tertiary/aromatic N) is 5. The molecule has 1 saturated carbocycles. The van der Waals surface area contributed by atoms with Crippen molar-refractivity contribution in [1.29, 1.82) is 0 Å². The minimum atomic E-state index is -0.650. The number of benzene rings is 2. The van der Waals surface area contributed by atoms with Gasteiger partial charge in [-0.15, -0.1) is 0 Å². The van der Waals surface area contributed by atoms with Crippen LogP contribution in [0.15, 0.2) is 64.3 Å². The molecule has 0 bridgehead atoms. The third kappa shape index (κ3) is 7.39. The van der Waals surface area contributed by atoms with Gasteiger partial charge in [-0.25, -0.2) is 18.7 Å². The number of rotatable bonds is 9. The van der Waals surface area contributed by atoms with Crippen molar-refractivity contribution in [2.24, 2.45) is 5.92 Å². The first-order chi connectivity index (χ1) is 23.8. The normalized spacial score (nSPS) is 20.8. The lowest BCUT2D eigenvalue weighted by Gasteiger charge is -2.30. The number of halogens is 1. The monoisotopic (exact) mass is 669 g/mol. The Balaban J connectivity index is 1.19. The van der Waals surface area contributed by atoms with Gasteiger partial charge in [-0.2, -0.15) is 0 Å². The molecule has 4 aromatic rings. The molecule has 0 amide bonds. The third-order valence-electron chi connectivity index (χ3n) is 10.4. The first-order valence-electron chi connectivity index (χ1n) is 17.6. The fourth-order valence-electron chi connectivity index (χ4n) is 7.90. The highest BCUT2D eigenvalue weighted by Gasteiger charge is 2.29. The molecule has 3 aliphatic rings. The van der Waals surface area contributed by atoms with Crippen molar-refractivity contribution < 1.29 is 19.0 Å². The number of Topliss-reactive ketones (excluding diaryl/α,β-unsaturated/α-hetero) is 1. The SMILES string of the molecule is O=C(CC1CCC(n2c(=O)c3cc(F)cnc3n(-c3cccc(-c4ccc(O)cc4CN4CCOCC4)c3)c2=O)CC1)CN1CCCCC1. The van der Waals surface area contributed by atoms with Crippen LogP contribution < -0.4 is 11.2 Å². The number of aromatic hydroxyl groups is 1. The molecular formula is C38H44FN5O5. The van der Waals surface area contributed by atoms with Gasteiger partial charge in [0.15, 0.2) is 5.65 Å². The zero-order chi connectivity index (χ0) is 33.9. The molecule has 4 heterocycles. The van der Waals surface area contributed by atoms with Gasteiger partial charge in [0.1, 0.15) is 17.3 Å². The number of pyridine rings is 1. The molecule has 3 fully saturated rings. The molecule has 0 spiro atoms. The molecule has 2 aromatic heterocycles. The molecule has 2 aromatic carbocycles. The molecule has 7 rings (SSSR count). The Morgan fingerprint density at radius 1 is 0.918 bits per heavy atom. The predicted octanol–water partition coefficient (Wildman–Crippen LogP) is 5.07. The van der Waals surface area contributed by atoms with Crippen LogP contribution in [0.3, 0.4) is 0 Å². The van der Waals surface area contributed by atoms with Crippen LogP contribution in [-0.4, -0.2) is 80.7 Å². The van der Waals surface area contributed by atoms with Gasteiger partial charge in [-0.3, -0.25) is 24.0 Å². The Labute approximate surface area is 284 Å². The highest BCUT2D eigenvalue weighted by Crippen LogP contribution is 2.34. The summed E-state index contributed by atoms with van der Waals surface area (Å²) in [6.45, 7) is 5.98. The van der Waals surface area contributed by atoms with Gasteiger partial charge in [0.05, 0.1) is 37.0 Å². The van der Waals surface area contributed by atoms with Crippen molar-refractivity contribution in [3.05, 3.63) is 86.9 Å². The zero-order valence-electron chi connectivity index (χ0n) is 27.9. The smallest absolute Gasteiger partial charge is 0.337 e. The summed E-state index contributed by atoms with van der Waals surface area (Å²) in [6.07, 6.45) is 7.72. The average Bonchev–Trinajstić information content (AvgIpc) is 3.10. The summed E-state index contributed by atoms with van der Waals surface area (Å²) in [5.41, 5.74) is 2.21. The molecule has 11 heteroatoms. The average molecular weight is 670 g/mol. The van der Waals surface area contributed by atoms with Gasteiger partial charge < -0.3 is 9.84 Å². The quantitative estimate of drug-likeness (QED) is 0.263. The third-order valence-corrected chi connectivity index (χ3v) is 10.4. The topological polar surface area (TPSA) is 110 Å². The van der Waals surface area contributed by atoms with Crippen LogP contribution in [0.25, 0.3) is 27.8 Å². The molecular weight excluding hydrogens is 625 g/mol. The molecule has 0 atom stereocenters. The summed E-state index contributed by atoms with van der Waals surface area (Å²) in [7, 11) is 0. The van der Waals surface area contributed by atoms with E-state index in [1.54, 1.807) is 18.2 Å². The number of likely N-dealkylation sites (tertiary alicyclic amines) is 1. The van der Waals surface area contributed by atoms with Gasteiger partial charge in [0.2, 0.25) is 0 Å². The van der Waals surface area contributed by atoms with Crippen LogP contribution in [0.2, 0.25) is 0 Å². The minimum absolute atomic E-state index is 0.0430. The van der Waals surface area contributed by atoms with Crippen molar-refractivity contribution >= 4 is 16.8 Å². The van der Waals surface area contributed by atoms with Gasteiger partial charge in [-0.1, -0.05) is 24.6 Å². The van der Waals surface area contributed by atoms with Gasteiger partial charge >= 0.3 is 5.69 Å². The minimum Gasteiger partial charge on any atom is -0.508 e. The molecule has 1 N–H and O–H groups in total. The summed E-state index contributed by atoms with van der Waals surface area (Å²) in [4.78, 5) is 49.9. The summed E-state index contributed by atoms with van der Waals surface area (Å²) < 4.78 is 22.8. The first-order valence-corrected chi connectivity index (χ1v) is 17.6. The number of ketones is 1. The predicted molar refractivity (Wildman–Crippen MR) is 186 cm³/mol. The van der Waals surface area contributed by atoms with E-state index in [1.807, 2.05) is 24.3 Å². The number of piperidine rings is 1. The Bertz CT molecular complexity index is 1940. The molecule has 1 aliphatic carbocycles. The lowest BCUT2D eigenvalue weighted by atomic mass is 9.83. The standard InChI is InChI=1S/C38H44FN5O5/c39-29-22-35-36(40-23-29)43(31-6-4-5-27(20-31)34-12-11-32(45)21-28(34)24-42-15-17-49-18-16-42)38(48)44(37(35)47)30-9-7-26(8-10-30)19-33(46)25-41-13-2-1-3-14-41/h4-6,11-12,20-23,26,30,45H,1-3,7-10,13-19,24-25H2. The van der Waals surface area contributed by atoms with E-state index in [4.69, 9.17) is 4.74 Å². The molecule has 10 nitrogen and oxygen atoms in total. The Kier molecular flexibility index (Phi) is 10.0. The van der Waals surface area contributed by atoms with E-state index in [0.29, 0.717) is 51.3 Å². The summed E-state index contributed by atoms with van der Waals surface area (Å²) in [5, 5.41) is 10.4. The number of ether oxygens (including phenoxy) is 1. The lowest BCUT2D eigenvalue weighted by molar-refractivity contribution is -0.121. The van der Waals surface area contributed by atoms with Crippen LogP contribution in [0.5, 0.6) is 5.75 Å². The van der Waals surface area contributed by atoms with Crippen LogP contribution in [0, 0.1) is 11.7 Å². The molecule has 0 radical (unpaired) electrons. The van der Waals surface area contributed by atoms with E-state index in [9.17, 15) is 23.9 Å². The number of carbonyl (C=O) groups excluding carboxylic acids is 1. The van der Waals surface area contributed by atoms with Crippen LogP contribution >= 0.6 is 0 Å². The number of aromatic nitrogens is 3. The number of carbonyl (C=O) groups is 1. The number of hydrogen-bond donors (Lipinski definition) is 1. The highest BCUT2D eigenvalue weighted by molar-refractivity contribution is 5.80. The van der Waals surface area contributed by atoms with E-state index >= 15 is 0 Å². The van der Waals surface area contributed by atoms with Crippen LogP contribution in [0.4, 0.5) is 4.39 Å². The summed E-state index contributed by atoms with van der Waals surface area (Å²) in [6, 6.07) is 13.5. The summed E-state index contributed by atoms with van der Waals surface area (Å²) in [5.74, 6) is 0.00562. The van der Waals surface area contributed by atoms with Gasteiger partial charge in [0, 0.05) is 32.1 Å². The second kappa shape index (κ2) is 14.7. The van der Waals surface area contributed by atoms with E-state index in [2.05, 4.69) is 14.8 Å². The van der Waals surface area contributed by atoms with Crippen molar-refractivity contribution in [1.82, 2.24) is 23.9 Å². The number of hydrogen-bond acceptors (Lipinski definition) is 8. The number of fused-ring (bicyclic) bond motifs is 1. The van der Waals surface area contributed by atoms with Gasteiger partial charge in [-0.05, 0) is 105 Å². The highest BCUT2D eigenvalue weighted by atomic mass is 19.1. The fourth-order valence-corrected chi connectivity index (χ4v) is 7.90. The maximum atomic E-state index is 14.6. The van der Waals surface area contributed by atoms with Crippen molar-refractivity contribution in [3.8, 4) is 22.6 Å². The largest absolute Gasteiger partial charge is 0.508 e. The molecule has 49 heavy (non-hydrogen) atoms. The maximum absolute atomic E-state index is 14.6.